The lowest BCUT2D eigenvalue weighted by Crippen LogP contribution is -2.33. The first-order chi connectivity index (χ1) is 12.7. The molecule has 1 fully saturated rings. The maximum atomic E-state index is 12.4. The number of hydrogen-bond acceptors (Lipinski definition) is 6. The van der Waals surface area contributed by atoms with Crippen LogP contribution in [0.5, 0.6) is 11.5 Å². The summed E-state index contributed by atoms with van der Waals surface area (Å²) in [5.41, 5.74) is 0.921. The monoisotopic (exact) mass is 354 g/mol. The van der Waals surface area contributed by atoms with Crippen LogP contribution < -0.4 is 19.7 Å². The Morgan fingerprint density at radius 3 is 2.62 bits per heavy atom. The standard InChI is InChI=1S/C19H22N4O3/c1-13-4-6-23(7-5-13)18-12-20-15(11-21-18)19(24)22-14-2-3-16-17(10-14)26-9-8-25-16/h2-3,10-13H,4-9H2,1H3,(H,22,24). The lowest BCUT2D eigenvalue weighted by molar-refractivity contribution is 0.102. The van der Waals surface area contributed by atoms with Gasteiger partial charge >= 0.3 is 0 Å². The summed E-state index contributed by atoms with van der Waals surface area (Å²) in [4.78, 5) is 23.3. The average Bonchev–Trinajstić information content (AvgIpc) is 2.68. The van der Waals surface area contributed by atoms with Gasteiger partial charge in [0.1, 0.15) is 24.7 Å². The van der Waals surface area contributed by atoms with Gasteiger partial charge in [0.05, 0.1) is 12.4 Å². The molecule has 0 atom stereocenters. The summed E-state index contributed by atoms with van der Waals surface area (Å²) in [6.07, 6.45) is 5.53. The number of carbonyl (C=O) groups excluding carboxylic acids is 1. The number of nitrogens with zero attached hydrogens (tertiary/aromatic N) is 3. The molecule has 2 aliphatic rings. The van der Waals surface area contributed by atoms with Crippen LogP contribution in [0.25, 0.3) is 0 Å². The Labute approximate surface area is 152 Å². The Bertz CT molecular complexity index is 786. The number of hydrogen-bond donors (Lipinski definition) is 1. The molecule has 2 aromatic rings. The summed E-state index contributed by atoms with van der Waals surface area (Å²) < 4.78 is 11.0. The second-order valence-corrected chi connectivity index (χ2v) is 6.74. The van der Waals surface area contributed by atoms with E-state index in [2.05, 4.69) is 27.1 Å². The van der Waals surface area contributed by atoms with E-state index in [1.54, 1.807) is 24.4 Å². The van der Waals surface area contributed by atoms with Crippen molar-refractivity contribution in [1.82, 2.24) is 9.97 Å². The Morgan fingerprint density at radius 2 is 1.88 bits per heavy atom. The molecule has 1 saturated heterocycles. The zero-order chi connectivity index (χ0) is 17.9. The number of amides is 1. The van der Waals surface area contributed by atoms with Gasteiger partial charge in [0.25, 0.3) is 5.91 Å². The van der Waals surface area contributed by atoms with Gasteiger partial charge < -0.3 is 19.7 Å². The first-order valence-corrected chi connectivity index (χ1v) is 8.97. The lowest BCUT2D eigenvalue weighted by Gasteiger charge is -2.30. The van der Waals surface area contributed by atoms with Crippen LogP contribution in [0.3, 0.4) is 0 Å². The number of ether oxygens (including phenoxy) is 2. The number of rotatable bonds is 3. The van der Waals surface area contributed by atoms with E-state index < -0.39 is 0 Å². The number of anilines is 2. The van der Waals surface area contributed by atoms with E-state index >= 15 is 0 Å². The molecule has 7 heteroatoms. The van der Waals surface area contributed by atoms with Crippen molar-refractivity contribution in [3.05, 3.63) is 36.3 Å². The minimum absolute atomic E-state index is 0.286. The summed E-state index contributed by atoms with van der Waals surface area (Å²) >= 11 is 0. The van der Waals surface area contributed by atoms with Crippen LogP contribution in [0.4, 0.5) is 11.5 Å². The number of benzene rings is 1. The minimum atomic E-state index is -0.298. The molecule has 1 aromatic heterocycles. The molecule has 26 heavy (non-hydrogen) atoms. The molecule has 0 unspecified atom stereocenters. The highest BCUT2D eigenvalue weighted by molar-refractivity contribution is 6.02. The molecule has 0 saturated carbocycles. The van der Waals surface area contributed by atoms with E-state index in [0.29, 0.717) is 30.4 Å². The first-order valence-electron chi connectivity index (χ1n) is 8.97. The lowest BCUT2D eigenvalue weighted by atomic mass is 9.99. The van der Waals surface area contributed by atoms with Gasteiger partial charge in [0.15, 0.2) is 11.5 Å². The Kier molecular flexibility index (Phi) is 4.60. The summed E-state index contributed by atoms with van der Waals surface area (Å²) in [6, 6.07) is 5.32. The van der Waals surface area contributed by atoms with Gasteiger partial charge in [-0.25, -0.2) is 9.97 Å². The number of fused-ring (bicyclic) bond motifs is 1. The fraction of sp³-hybridized carbons (Fsp3) is 0.421. The molecular weight excluding hydrogens is 332 g/mol. The predicted octanol–water partition coefficient (Wildman–Crippen LogP) is 2.74. The van der Waals surface area contributed by atoms with Crippen LogP contribution in [-0.4, -0.2) is 42.2 Å². The third-order valence-electron chi connectivity index (χ3n) is 4.78. The molecular formula is C19H22N4O3. The number of carbonyl (C=O) groups is 1. The highest BCUT2D eigenvalue weighted by atomic mass is 16.6. The van der Waals surface area contributed by atoms with Gasteiger partial charge in [-0.15, -0.1) is 0 Å². The molecule has 1 aromatic carbocycles. The number of nitrogens with one attached hydrogen (secondary N) is 1. The Morgan fingerprint density at radius 1 is 1.12 bits per heavy atom. The summed E-state index contributed by atoms with van der Waals surface area (Å²) in [5, 5.41) is 2.82. The topological polar surface area (TPSA) is 76.6 Å². The van der Waals surface area contributed by atoms with Crippen molar-refractivity contribution in [2.45, 2.75) is 19.8 Å². The van der Waals surface area contributed by atoms with E-state index in [1.165, 1.54) is 6.20 Å². The predicted molar refractivity (Wildman–Crippen MR) is 98.0 cm³/mol. The van der Waals surface area contributed by atoms with Gasteiger partial charge in [-0.2, -0.15) is 0 Å². The maximum absolute atomic E-state index is 12.4. The van der Waals surface area contributed by atoms with Crippen molar-refractivity contribution >= 4 is 17.4 Å². The fourth-order valence-corrected chi connectivity index (χ4v) is 3.16. The van der Waals surface area contributed by atoms with Gasteiger partial charge in [-0.05, 0) is 30.9 Å². The third-order valence-corrected chi connectivity index (χ3v) is 4.78. The van der Waals surface area contributed by atoms with Gasteiger partial charge in [0, 0.05) is 24.8 Å². The van der Waals surface area contributed by atoms with E-state index in [-0.39, 0.29) is 11.6 Å². The summed E-state index contributed by atoms with van der Waals surface area (Å²) in [6.45, 7) is 5.29. The van der Waals surface area contributed by atoms with E-state index in [1.807, 2.05) is 0 Å². The molecule has 0 bridgehead atoms. The summed E-state index contributed by atoms with van der Waals surface area (Å²) in [5.74, 6) is 2.61. The van der Waals surface area contributed by atoms with Crippen molar-refractivity contribution in [3.8, 4) is 11.5 Å². The highest BCUT2D eigenvalue weighted by Crippen LogP contribution is 2.32. The van der Waals surface area contributed by atoms with Crippen LogP contribution in [0.15, 0.2) is 30.6 Å². The average molecular weight is 354 g/mol. The van der Waals surface area contributed by atoms with Crippen molar-refractivity contribution in [2.24, 2.45) is 5.92 Å². The molecule has 7 nitrogen and oxygen atoms in total. The molecule has 1 amide bonds. The molecule has 0 aliphatic carbocycles. The Hall–Kier alpha value is -2.83. The van der Waals surface area contributed by atoms with Crippen LogP contribution >= 0.6 is 0 Å². The highest BCUT2D eigenvalue weighted by Gasteiger charge is 2.18. The maximum Gasteiger partial charge on any atom is 0.275 e. The molecule has 136 valence electrons. The molecule has 0 radical (unpaired) electrons. The molecule has 0 spiro atoms. The zero-order valence-electron chi connectivity index (χ0n) is 14.8. The van der Waals surface area contributed by atoms with Crippen molar-refractivity contribution in [2.75, 3.05) is 36.5 Å². The molecule has 2 aliphatic heterocycles. The smallest absolute Gasteiger partial charge is 0.275 e. The quantitative estimate of drug-likeness (QED) is 0.913. The van der Waals surface area contributed by atoms with Crippen molar-refractivity contribution < 1.29 is 14.3 Å². The van der Waals surface area contributed by atoms with Crippen LogP contribution in [0.1, 0.15) is 30.3 Å². The third kappa shape index (κ3) is 3.56. The normalized spacial score (nSPS) is 17.0. The summed E-state index contributed by atoms with van der Waals surface area (Å²) in [7, 11) is 0. The van der Waals surface area contributed by atoms with Crippen molar-refractivity contribution in [3.63, 3.8) is 0 Å². The Balaban J connectivity index is 1.42. The first kappa shape index (κ1) is 16.6. The van der Waals surface area contributed by atoms with Crippen LogP contribution in [-0.2, 0) is 0 Å². The minimum Gasteiger partial charge on any atom is -0.486 e. The fourth-order valence-electron chi connectivity index (χ4n) is 3.16. The molecule has 4 rings (SSSR count). The number of piperidine rings is 1. The largest absolute Gasteiger partial charge is 0.486 e. The SMILES string of the molecule is CC1CCN(c2cnc(C(=O)Nc3ccc4c(c3)OCCO4)cn2)CC1. The van der Waals surface area contributed by atoms with Gasteiger partial charge in [-0.3, -0.25) is 4.79 Å². The number of aromatic nitrogens is 2. The van der Waals surface area contributed by atoms with Crippen LogP contribution in [0, 0.1) is 5.92 Å². The van der Waals surface area contributed by atoms with Crippen LogP contribution in [0.2, 0.25) is 0 Å². The zero-order valence-corrected chi connectivity index (χ0v) is 14.8. The molecule has 3 heterocycles. The van der Waals surface area contributed by atoms with Crippen molar-refractivity contribution in [1.29, 1.82) is 0 Å². The van der Waals surface area contributed by atoms with E-state index in [4.69, 9.17) is 9.47 Å². The second kappa shape index (κ2) is 7.19. The van der Waals surface area contributed by atoms with Gasteiger partial charge in [0.2, 0.25) is 0 Å². The van der Waals surface area contributed by atoms with E-state index in [9.17, 15) is 4.79 Å². The van der Waals surface area contributed by atoms with E-state index in [0.717, 1.165) is 37.7 Å². The van der Waals surface area contributed by atoms with Gasteiger partial charge in [-0.1, -0.05) is 6.92 Å². The second-order valence-electron chi connectivity index (χ2n) is 6.74. The molecule has 1 N–H and O–H groups in total.